The van der Waals surface area contributed by atoms with Crippen molar-refractivity contribution in [2.75, 3.05) is 0 Å². The number of fused-ring (bicyclic) bond motifs is 14. The second-order valence-corrected chi connectivity index (χ2v) is 15.3. The maximum Gasteiger partial charge on any atom is 0.0642 e. The van der Waals surface area contributed by atoms with E-state index in [4.69, 9.17) is 0 Å². The van der Waals surface area contributed by atoms with E-state index in [2.05, 4.69) is 225 Å². The minimum atomic E-state index is 1.13. The summed E-state index contributed by atoms with van der Waals surface area (Å²) >= 11 is 0. The van der Waals surface area contributed by atoms with Gasteiger partial charge in [0.1, 0.15) is 0 Å². The summed E-state index contributed by atoms with van der Waals surface area (Å²) in [5.74, 6) is 0. The van der Waals surface area contributed by atoms with Gasteiger partial charge in [0.05, 0.1) is 49.8 Å². The molecule has 13 aromatic rings. The number of nitrogens with zero attached hydrogens (tertiary/aromatic N) is 4. The first-order chi connectivity index (χ1) is 28.8. The van der Waals surface area contributed by atoms with Crippen molar-refractivity contribution >= 4 is 87.2 Å². The summed E-state index contributed by atoms with van der Waals surface area (Å²) in [6, 6.07) is 75.4. The summed E-state index contributed by atoms with van der Waals surface area (Å²) in [6.45, 7) is 0. The first-order valence-electron chi connectivity index (χ1n) is 20.0. The Hall–Kier alpha value is -7.82. The third kappa shape index (κ3) is 4.13. The Labute approximate surface area is 333 Å². The van der Waals surface area contributed by atoms with Crippen molar-refractivity contribution in [2.45, 2.75) is 0 Å². The average molecular weight is 739 g/mol. The van der Waals surface area contributed by atoms with Crippen LogP contribution in [0.3, 0.4) is 0 Å². The Kier molecular flexibility index (Phi) is 6.41. The molecule has 270 valence electrons. The molecule has 9 aromatic carbocycles. The van der Waals surface area contributed by atoms with Crippen molar-refractivity contribution in [1.29, 1.82) is 0 Å². The van der Waals surface area contributed by atoms with Crippen LogP contribution in [-0.2, 0) is 0 Å². The molecule has 0 unspecified atom stereocenters. The van der Waals surface area contributed by atoms with Crippen LogP contribution in [0.2, 0.25) is 0 Å². The standard InChI is InChI=1S/C54H34N4/c1-4-17-35(18-5-1)55-48-33-31-41-40-25-12-13-26-43(40)56(36-19-6-2-7-20-36)53(41)51(48)52-49(55)34-32-42-50-46(57(54(42)52)37-21-8-3-9-22-37)29-16-30-47(50)58-44-27-14-10-23-38(44)39-24-11-15-28-45(39)58/h1-34H. The van der Waals surface area contributed by atoms with Gasteiger partial charge in [0.15, 0.2) is 0 Å². The van der Waals surface area contributed by atoms with Gasteiger partial charge < -0.3 is 18.3 Å². The van der Waals surface area contributed by atoms with Gasteiger partial charge in [0.2, 0.25) is 0 Å². The van der Waals surface area contributed by atoms with Gasteiger partial charge in [0, 0.05) is 60.2 Å². The Morgan fingerprint density at radius 2 is 0.586 bits per heavy atom. The molecule has 0 radical (unpaired) electrons. The van der Waals surface area contributed by atoms with Crippen molar-refractivity contribution < 1.29 is 0 Å². The Balaban J connectivity index is 1.31. The van der Waals surface area contributed by atoms with Crippen molar-refractivity contribution in [3.63, 3.8) is 0 Å². The highest BCUT2D eigenvalue weighted by atomic mass is 15.0. The molecular formula is C54H34N4. The molecule has 13 rings (SSSR count). The lowest BCUT2D eigenvalue weighted by molar-refractivity contribution is 1.17. The number of hydrogen-bond acceptors (Lipinski definition) is 0. The second-order valence-electron chi connectivity index (χ2n) is 15.3. The van der Waals surface area contributed by atoms with Crippen molar-refractivity contribution in [3.8, 4) is 22.7 Å². The summed E-state index contributed by atoms with van der Waals surface area (Å²) in [4.78, 5) is 0. The van der Waals surface area contributed by atoms with E-state index in [1.165, 1.54) is 92.9 Å². The molecular weight excluding hydrogens is 705 g/mol. The van der Waals surface area contributed by atoms with Crippen LogP contribution in [-0.4, -0.2) is 18.3 Å². The summed E-state index contributed by atoms with van der Waals surface area (Å²) in [5.41, 5.74) is 14.1. The Morgan fingerprint density at radius 1 is 0.207 bits per heavy atom. The zero-order valence-electron chi connectivity index (χ0n) is 31.4. The molecule has 4 nitrogen and oxygen atoms in total. The van der Waals surface area contributed by atoms with Gasteiger partial charge in [-0.05, 0) is 84.9 Å². The molecule has 0 amide bonds. The first-order valence-corrected chi connectivity index (χ1v) is 20.0. The SMILES string of the molecule is c1ccc(-n2c3ccc4c5ccccc5n(-c5ccccc5)c4c3c3c2ccc2c4c(-n5c6ccccc6c6ccccc65)cccc4n(-c4ccccc4)c23)cc1. The van der Waals surface area contributed by atoms with Crippen molar-refractivity contribution in [2.24, 2.45) is 0 Å². The van der Waals surface area contributed by atoms with E-state index in [9.17, 15) is 0 Å². The second kappa shape index (κ2) is 11.8. The van der Waals surface area contributed by atoms with Crippen LogP contribution in [0.4, 0.5) is 0 Å². The molecule has 4 aromatic heterocycles. The Bertz CT molecular complexity index is 3720. The lowest BCUT2D eigenvalue weighted by Crippen LogP contribution is -1.96. The van der Waals surface area contributed by atoms with Gasteiger partial charge in [-0.1, -0.05) is 121 Å². The van der Waals surface area contributed by atoms with E-state index in [0.29, 0.717) is 0 Å². The van der Waals surface area contributed by atoms with Crippen molar-refractivity contribution in [1.82, 2.24) is 18.3 Å². The predicted octanol–water partition coefficient (Wildman–Crippen LogP) is 14.1. The summed E-state index contributed by atoms with van der Waals surface area (Å²) in [5, 5.41) is 9.91. The normalized spacial score (nSPS) is 12.1. The third-order valence-corrected chi connectivity index (χ3v) is 12.3. The van der Waals surface area contributed by atoms with E-state index < -0.39 is 0 Å². The molecule has 4 heterocycles. The summed E-state index contributed by atoms with van der Waals surface area (Å²) in [7, 11) is 0. The predicted molar refractivity (Wildman–Crippen MR) is 244 cm³/mol. The van der Waals surface area contributed by atoms with Crippen LogP contribution in [0.25, 0.3) is 110 Å². The highest BCUT2D eigenvalue weighted by Crippen LogP contribution is 2.48. The molecule has 0 spiro atoms. The smallest absolute Gasteiger partial charge is 0.0642 e. The fourth-order valence-corrected chi connectivity index (χ4v) is 10.1. The first kappa shape index (κ1) is 31.4. The monoisotopic (exact) mass is 738 g/mol. The van der Waals surface area contributed by atoms with Crippen LogP contribution in [0, 0.1) is 0 Å². The van der Waals surface area contributed by atoms with E-state index in [0.717, 1.165) is 17.1 Å². The Morgan fingerprint density at radius 3 is 1.14 bits per heavy atom. The maximum absolute atomic E-state index is 2.52. The zero-order valence-corrected chi connectivity index (χ0v) is 31.4. The minimum Gasteiger partial charge on any atom is -0.309 e. The average Bonchev–Trinajstić information content (AvgIpc) is 4.02. The maximum atomic E-state index is 2.52. The van der Waals surface area contributed by atoms with Gasteiger partial charge in [-0.3, -0.25) is 0 Å². The van der Waals surface area contributed by atoms with Gasteiger partial charge in [0.25, 0.3) is 0 Å². The van der Waals surface area contributed by atoms with E-state index in [1.807, 2.05) is 0 Å². The molecule has 58 heavy (non-hydrogen) atoms. The van der Waals surface area contributed by atoms with Crippen LogP contribution < -0.4 is 0 Å². The number of rotatable bonds is 4. The summed E-state index contributed by atoms with van der Waals surface area (Å²) in [6.07, 6.45) is 0. The van der Waals surface area contributed by atoms with Crippen LogP contribution in [0.15, 0.2) is 206 Å². The molecule has 4 heteroatoms. The quantitative estimate of drug-likeness (QED) is 0.171. The van der Waals surface area contributed by atoms with Gasteiger partial charge in [-0.15, -0.1) is 0 Å². The van der Waals surface area contributed by atoms with Crippen molar-refractivity contribution in [3.05, 3.63) is 206 Å². The third-order valence-electron chi connectivity index (χ3n) is 12.3. The molecule has 0 fully saturated rings. The molecule has 0 saturated carbocycles. The van der Waals surface area contributed by atoms with Gasteiger partial charge in [-0.2, -0.15) is 0 Å². The highest BCUT2D eigenvalue weighted by molar-refractivity contribution is 6.33. The fraction of sp³-hybridized carbons (Fsp3) is 0. The molecule has 0 aliphatic rings. The molecule has 0 N–H and O–H groups in total. The van der Waals surface area contributed by atoms with Crippen LogP contribution >= 0.6 is 0 Å². The number of aromatic nitrogens is 4. The highest BCUT2D eigenvalue weighted by Gasteiger charge is 2.26. The number of hydrogen-bond donors (Lipinski definition) is 0. The fourth-order valence-electron chi connectivity index (χ4n) is 10.1. The molecule has 0 atom stereocenters. The zero-order chi connectivity index (χ0) is 37.9. The van der Waals surface area contributed by atoms with Gasteiger partial charge >= 0.3 is 0 Å². The molecule has 0 aliphatic heterocycles. The van der Waals surface area contributed by atoms with Crippen LogP contribution in [0.5, 0.6) is 0 Å². The number of benzene rings is 9. The largest absolute Gasteiger partial charge is 0.309 e. The topological polar surface area (TPSA) is 19.7 Å². The minimum absolute atomic E-state index is 1.13. The van der Waals surface area contributed by atoms with Crippen LogP contribution in [0.1, 0.15) is 0 Å². The summed E-state index contributed by atoms with van der Waals surface area (Å²) < 4.78 is 9.95. The lowest BCUT2D eigenvalue weighted by atomic mass is 10.0. The number of para-hydroxylation sites is 6. The van der Waals surface area contributed by atoms with Gasteiger partial charge in [-0.25, -0.2) is 0 Å². The van der Waals surface area contributed by atoms with E-state index in [1.54, 1.807) is 0 Å². The molecule has 0 aliphatic carbocycles. The lowest BCUT2D eigenvalue weighted by Gasteiger charge is -2.11. The van der Waals surface area contributed by atoms with E-state index in [-0.39, 0.29) is 0 Å². The van der Waals surface area contributed by atoms with E-state index >= 15 is 0 Å². The molecule has 0 bridgehead atoms. The molecule has 0 saturated heterocycles.